The Morgan fingerprint density at radius 3 is 2.40 bits per heavy atom. The molecule has 1 amide bonds. The average molecular weight is 435 g/mol. The standard InChI is InChI=1S/C22H30N2O5S/c1-4-28-19-7-9-21(10-8-19)30(26,27)24(15-20-6-5-11-29-20)16-22(25)23-13-17(2)12-18(3)14-23/h5-11,17-18H,4,12-16H2,1-3H3. The molecular weight excluding hydrogens is 404 g/mol. The second-order valence-electron chi connectivity index (χ2n) is 8.00. The molecule has 1 aromatic heterocycles. The maximum absolute atomic E-state index is 13.3. The van der Waals surface area contributed by atoms with Crippen LogP contribution in [0.2, 0.25) is 0 Å². The number of sulfonamides is 1. The minimum Gasteiger partial charge on any atom is -0.494 e. The highest BCUT2D eigenvalue weighted by atomic mass is 32.2. The Morgan fingerprint density at radius 2 is 1.83 bits per heavy atom. The number of benzene rings is 1. The highest BCUT2D eigenvalue weighted by molar-refractivity contribution is 7.89. The van der Waals surface area contributed by atoms with Crippen molar-refractivity contribution in [1.29, 1.82) is 0 Å². The number of amides is 1. The van der Waals surface area contributed by atoms with E-state index in [2.05, 4.69) is 13.8 Å². The summed E-state index contributed by atoms with van der Waals surface area (Å²) in [6.07, 6.45) is 2.57. The molecule has 30 heavy (non-hydrogen) atoms. The van der Waals surface area contributed by atoms with Gasteiger partial charge in [-0.2, -0.15) is 4.31 Å². The fourth-order valence-electron chi connectivity index (χ4n) is 3.94. The second kappa shape index (κ2) is 9.66. The van der Waals surface area contributed by atoms with Gasteiger partial charge in [-0.15, -0.1) is 0 Å². The predicted octanol–water partition coefficient (Wildman–Crippen LogP) is 3.37. The second-order valence-corrected chi connectivity index (χ2v) is 9.94. The summed E-state index contributed by atoms with van der Waals surface area (Å²) in [5.41, 5.74) is 0. The Bertz CT molecular complexity index is 915. The number of rotatable bonds is 8. The summed E-state index contributed by atoms with van der Waals surface area (Å²) < 4.78 is 38.6. The van der Waals surface area contributed by atoms with Gasteiger partial charge in [-0.3, -0.25) is 4.79 Å². The van der Waals surface area contributed by atoms with Crippen LogP contribution in [0.5, 0.6) is 5.75 Å². The van der Waals surface area contributed by atoms with Gasteiger partial charge in [0.15, 0.2) is 0 Å². The molecule has 8 heteroatoms. The first-order valence-electron chi connectivity index (χ1n) is 10.3. The summed E-state index contributed by atoms with van der Waals surface area (Å²) >= 11 is 0. The molecule has 0 bridgehead atoms. The van der Waals surface area contributed by atoms with Gasteiger partial charge in [0, 0.05) is 13.1 Å². The highest BCUT2D eigenvalue weighted by Gasteiger charge is 2.32. The molecular formula is C22H30N2O5S. The molecule has 2 unspecified atom stereocenters. The van der Waals surface area contributed by atoms with Gasteiger partial charge >= 0.3 is 0 Å². The molecule has 0 N–H and O–H groups in total. The van der Waals surface area contributed by atoms with Crippen molar-refractivity contribution >= 4 is 15.9 Å². The van der Waals surface area contributed by atoms with Gasteiger partial charge in [-0.25, -0.2) is 8.42 Å². The van der Waals surface area contributed by atoms with Gasteiger partial charge in [0.25, 0.3) is 0 Å². The van der Waals surface area contributed by atoms with E-state index >= 15 is 0 Å². The van der Waals surface area contributed by atoms with Crippen molar-refractivity contribution in [2.24, 2.45) is 11.8 Å². The van der Waals surface area contributed by atoms with Crippen LogP contribution < -0.4 is 4.74 Å². The fourth-order valence-corrected chi connectivity index (χ4v) is 5.30. The Morgan fingerprint density at radius 1 is 1.17 bits per heavy atom. The Kier molecular flexibility index (Phi) is 7.20. The molecule has 1 aliphatic heterocycles. The Labute approximate surface area is 178 Å². The minimum absolute atomic E-state index is 0.00671. The van der Waals surface area contributed by atoms with E-state index in [1.54, 1.807) is 29.2 Å². The Hall–Kier alpha value is -2.32. The third-order valence-electron chi connectivity index (χ3n) is 5.22. The monoisotopic (exact) mass is 434 g/mol. The lowest BCUT2D eigenvalue weighted by Gasteiger charge is -2.36. The quantitative estimate of drug-likeness (QED) is 0.636. The molecule has 164 valence electrons. The topological polar surface area (TPSA) is 80.1 Å². The van der Waals surface area contributed by atoms with Crippen LogP contribution in [0.15, 0.2) is 52.0 Å². The first-order valence-corrected chi connectivity index (χ1v) is 11.8. The van der Waals surface area contributed by atoms with E-state index in [1.807, 2.05) is 6.92 Å². The lowest BCUT2D eigenvalue weighted by atomic mass is 9.92. The minimum atomic E-state index is -3.90. The number of carbonyl (C=O) groups excluding carboxylic acids is 1. The van der Waals surface area contributed by atoms with Gasteiger partial charge in [-0.1, -0.05) is 13.8 Å². The lowest BCUT2D eigenvalue weighted by Crippen LogP contribution is -2.47. The zero-order chi connectivity index (χ0) is 21.7. The van der Waals surface area contributed by atoms with Crippen molar-refractivity contribution in [3.8, 4) is 5.75 Å². The first kappa shape index (κ1) is 22.4. The zero-order valence-electron chi connectivity index (χ0n) is 17.8. The van der Waals surface area contributed by atoms with Crippen molar-refractivity contribution in [2.45, 2.75) is 38.6 Å². The molecule has 2 aromatic rings. The van der Waals surface area contributed by atoms with Crippen LogP contribution in [0, 0.1) is 11.8 Å². The summed E-state index contributed by atoms with van der Waals surface area (Å²) in [6, 6.07) is 9.66. The summed E-state index contributed by atoms with van der Waals surface area (Å²) in [7, 11) is -3.90. The zero-order valence-corrected chi connectivity index (χ0v) is 18.6. The third-order valence-corrected chi connectivity index (χ3v) is 7.02. The maximum atomic E-state index is 13.3. The molecule has 1 aromatic carbocycles. The van der Waals surface area contributed by atoms with Crippen LogP contribution in [0.4, 0.5) is 0 Å². The van der Waals surface area contributed by atoms with Crippen molar-refractivity contribution in [1.82, 2.24) is 9.21 Å². The number of likely N-dealkylation sites (tertiary alicyclic amines) is 1. The summed E-state index contributed by atoms with van der Waals surface area (Å²) in [6.45, 7) is 7.67. The van der Waals surface area contributed by atoms with Crippen LogP contribution in [-0.2, 0) is 21.4 Å². The molecule has 0 saturated carbocycles. The number of ether oxygens (including phenoxy) is 1. The van der Waals surface area contributed by atoms with E-state index in [0.717, 1.165) is 6.42 Å². The van der Waals surface area contributed by atoms with E-state index in [-0.39, 0.29) is 23.9 Å². The Balaban J connectivity index is 1.83. The fraction of sp³-hybridized carbons (Fsp3) is 0.500. The number of carbonyl (C=O) groups is 1. The molecule has 3 rings (SSSR count). The number of nitrogens with zero attached hydrogens (tertiary/aromatic N) is 2. The highest BCUT2D eigenvalue weighted by Crippen LogP contribution is 2.24. The molecule has 2 atom stereocenters. The SMILES string of the molecule is CCOc1ccc(S(=O)(=O)N(CC(=O)N2CC(C)CC(C)C2)Cc2ccco2)cc1. The number of furan rings is 1. The van der Waals surface area contributed by atoms with Crippen LogP contribution in [0.3, 0.4) is 0 Å². The molecule has 1 fully saturated rings. The van der Waals surface area contributed by atoms with E-state index in [1.165, 1.54) is 22.7 Å². The lowest BCUT2D eigenvalue weighted by molar-refractivity contribution is -0.134. The van der Waals surface area contributed by atoms with Gasteiger partial charge in [0.1, 0.15) is 11.5 Å². The molecule has 2 heterocycles. The van der Waals surface area contributed by atoms with Crippen LogP contribution >= 0.6 is 0 Å². The normalized spacial score (nSPS) is 19.8. The van der Waals surface area contributed by atoms with Crippen LogP contribution in [0.25, 0.3) is 0 Å². The summed E-state index contributed by atoms with van der Waals surface area (Å²) in [4.78, 5) is 14.9. The molecule has 0 aliphatic carbocycles. The summed E-state index contributed by atoms with van der Waals surface area (Å²) in [5, 5.41) is 0. The molecule has 7 nitrogen and oxygen atoms in total. The molecule has 1 aliphatic rings. The third kappa shape index (κ3) is 5.43. The molecule has 0 spiro atoms. The van der Waals surface area contributed by atoms with Gasteiger partial charge in [-0.05, 0) is 61.6 Å². The molecule has 0 radical (unpaired) electrons. The predicted molar refractivity (Wildman–Crippen MR) is 113 cm³/mol. The van der Waals surface area contributed by atoms with Gasteiger partial charge < -0.3 is 14.1 Å². The van der Waals surface area contributed by atoms with E-state index < -0.39 is 10.0 Å². The number of hydrogen-bond donors (Lipinski definition) is 0. The van der Waals surface area contributed by atoms with Crippen molar-refractivity contribution in [3.05, 3.63) is 48.4 Å². The van der Waals surface area contributed by atoms with Gasteiger partial charge in [0.2, 0.25) is 15.9 Å². The van der Waals surface area contributed by atoms with E-state index in [4.69, 9.17) is 9.15 Å². The van der Waals surface area contributed by atoms with E-state index in [9.17, 15) is 13.2 Å². The number of piperidine rings is 1. The largest absolute Gasteiger partial charge is 0.494 e. The first-order chi connectivity index (χ1) is 14.3. The van der Waals surface area contributed by atoms with Crippen molar-refractivity contribution in [3.63, 3.8) is 0 Å². The maximum Gasteiger partial charge on any atom is 0.243 e. The van der Waals surface area contributed by atoms with E-state index in [0.29, 0.717) is 43.0 Å². The van der Waals surface area contributed by atoms with Crippen molar-refractivity contribution in [2.75, 3.05) is 26.2 Å². The van der Waals surface area contributed by atoms with Crippen LogP contribution in [-0.4, -0.2) is 49.8 Å². The smallest absolute Gasteiger partial charge is 0.243 e. The average Bonchev–Trinajstić information content (AvgIpc) is 3.20. The molecule has 1 saturated heterocycles. The van der Waals surface area contributed by atoms with Gasteiger partial charge in [0.05, 0.1) is 30.9 Å². The number of hydrogen-bond acceptors (Lipinski definition) is 5. The summed E-state index contributed by atoms with van der Waals surface area (Å²) in [5.74, 6) is 1.70. The van der Waals surface area contributed by atoms with Crippen molar-refractivity contribution < 1.29 is 22.4 Å². The van der Waals surface area contributed by atoms with Crippen LogP contribution in [0.1, 0.15) is 33.0 Å².